The average Bonchev–Trinajstić information content (AvgIpc) is 3.21. The molecule has 324 valence electrons. The number of unbranched alkanes of at least 4 members (excludes halogenated alkanes) is 4. The van der Waals surface area contributed by atoms with Crippen LogP contribution in [0, 0.1) is 0 Å². The van der Waals surface area contributed by atoms with E-state index < -0.39 is 11.8 Å². The molecule has 0 bridgehead atoms. The Kier molecular flexibility index (Phi) is 38.6. The molecule has 0 fully saturated rings. The summed E-state index contributed by atoms with van der Waals surface area (Å²) in [6, 6.07) is 8.25. The SMILES string of the molecule is CCCCCCCC(=O)OCCOCCOCCOCCOCCOCCOCCOCCOCCOCCOCCOCCOC(=O)C(=O)c1ccccc1. The Morgan fingerprint density at radius 2 is 0.679 bits per heavy atom. The highest BCUT2D eigenvalue weighted by Gasteiger charge is 2.17. The van der Waals surface area contributed by atoms with Gasteiger partial charge in [-0.25, -0.2) is 4.79 Å². The van der Waals surface area contributed by atoms with Gasteiger partial charge in [-0.1, -0.05) is 62.9 Å². The summed E-state index contributed by atoms with van der Waals surface area (Å²) in [7, 11) is 0. The van der Waals surface area contributed by atoms with Crippen LogP contribution in [0.15, 0.2) is 30.3 Å². The van der Waals surface area contributed by atoms with Gasteiger partial charge in [0.2, 0.25) is 0 Å². The number of ether oxygens (including phenoxy) is 13. The van der Waals surface area contributed by atoms with Crippen LogP contribution in [0.1, 0.15) is 55.8 Å². The van der Waals surface area contributed by atoms with E-state index in [1.807, 2.05) is 0 Å². The van der Waals surface area contributed by atoms with Gasteiger partial charge in [0.25, 0.3) is 5.78 Å². The molecule has 0 heterocycles. The molecular formula is C40H68O16. The zero-order valence-electron chi connectivity index (χ0n) is 33.6. The van der Waals surface area contributed by atoms with Crippen molar-refractivity contribution in [1.29, 1.82) is 0 Å². The maximum atomic E-state index is 11.9. The Labute approximate surface area is 333 Å². The molecule has 0 aliphatic carbocycles. The van der Waals surface area contributed by atoms with E-state index in [0.717, 1.165) is 12.8 Å². The minimum absolute atomic E-state index is 0.00731. The molecule has 1 aromatic carbocycles. The molecule has 0 spiro atoms. The topological polar surface area (TPSA) is 171 Å². The average molecular weight is 805 g/mol. The lowest BCUT2D eigenvalue weighted by atomic mass is 10.1. The summed E-state index contributed by atoms with van der Waals surface area (Å²) in [5.41, 5.74) is 0.292. The zero-order valence-corrected chi connectivity index (χ0v) is 33.6. The molecule has 16 heteroatoms. The largest absolute Gasteiger partial charge is 0.463 e. The van der Waals surface area contributed by atoms with Gasteiger partial charge >= 0.3 is 11.9 Å². The standard InChI is InChI=1S/C40H68O16/c1-2-3-4-5-9-12-38(41)55-35-33-53-31-29-51-27-25-49-23-21-47-19-17-45-15-13-44-14-16-46-18-20-48-22-24-50-26-28-52-30-32-54-34-36-56-40(43)39(42)37-10-7-6-8-11-37/h6-8,10-11H,2-5,9,12-36H2,1H3. The van der Waals surface area contributed by atoms with E-state index in [4.69, 9.17) is 61.6 Å². The summed E-state index contributed by atoms with van der Waals surface area (Å²) in [4.78, 5) is 35.3. The van der Waals surface area contributed by atoms with E-state index in [1.54, 1.807) is 30.3 Å². The van der Waals surface area contributed by atoms with E-state index >= 15 is 0 Å². The van der Waals surface area contributed by atoms with Crippen molar-refractivity contribution in [2.75, 3.05) is 159 Å². The third kappa shape index (κ3) is 35.8. The molecule has 0 N–H and O–H groups in total. The number of hydrogen-bond donors (Lipinski definition) is 0. The highest BCUT2D eigenvalue weighted by molar-refractivity contribution is 6.40. The van der Waals surface area contributed by atoms with E-state index in [9.17, 15) is 14.4 Å². The Hall–Kier alpha value is -2.61. The fraction of sp³-hybridized carbons (Fsp3) is 0.775. The first-order valence-electron chi connectivity index (χ1n) is 19.9. The Balaban J connectivity index is 1.65. The zero-order chi connectivity index (χ0) is 40.3. The van der Waals surface area contributed by atoms with Crippen molar-refractivity contribution >= 4 is 17.7 Å². The number of esters is 2. The predicted molar refractivity (Wildman–Crippen MR) is 205 cm³/mol. The number of Topliss-reactive ketones (excluding diaryl/α,β-unsaturated/α-hetero) is 1. The van der Waals surface area contributed by atoms with E-state index in [2.05, 4.69) is 6.92 Å². The monoisotopic (exact) mass is 804 g/mol. The summed E-state index contributed by atoms with van der Waals surface area (Å²) >= 11 is 0. The lowest BCUT2D eigenvalue weighted by Crippen LogP contribution is -2.20. The summed E-state index contributed by atoms with van der Waals surface area (Å²) in [5.74, 6) is -1.73. The minimum Gasteiger partial charge on any atom is -0.463 e. The minimum atomic E-state index is -0.901. The highest BCUT2D eigenvalue weighted by atomic mass is 16.6. The normalized spacial score (nSPS) is 11.2. The number of carbonyl (C=O) groups excluding carboxylic acids is 3. The molecule has 0 aromatic heterocycles. The maximum absolute atomic E-state index is 11.9. The molecule has 0 unspecified atom stereocenters. The molecule has 0 saturated carbocycles. The summed E-state index contributed by atoms with van der Waals surface area (Å²) in [5, 5.41) is 0. The second-order valence-electron chi connectivity index (χ2n) is 12.0. The number of ketones is 1. The molecular weight excluding hydrogens is 736 g/mol. The number of hydrogen-bond acceptors (Lipinski definition) is 16. The van der Waals surface area contributed by atoms with Gasteiger partial charge in [-0.05, 0) is 6.42 Å². The molecule has 0 saturated heterocycles. The number of rotatable bonds is 44. The van der Waals surface area contributed by atoms with Crippen LogP contribution in [0.4, 0.5) is 0 Å². The molecule has 0 aliphatic rings. The van der Waals surface area contributed by atoms with Crippen molar-refractivity contribution in [2.24, 2.45) is 0 Å². The van der Waals surface area contributed by atoms with Crippen molar-refractivity contribution in [1.82, 2.24) is 0 Å². The quantitative estimate of drug-likeness (QED) is 0.0406. The Morgan fingerprint density at radius 3 is 1.02 bits per heavy atom. The second kappa shape index (κ2) is 42.0. The van der Waals surface area contributed by atoms with Crippen LogP contribution in [-0.2, 0) is 71.2 Å². The molecule has 0 atom stereocenters. The van der Waals surface area contributed by atoms with Crippen molar-refractivity contribution < 1.29 is 76.0 Å². The fourth-order valence-corrected chi connectivity index (χ4v) is 4.43. The predicted octanol–water partition coefficient (Wildman–Crippen LogP) is 3.50. The smallest absolute Gasteiger partial charge is 0.379 e. The van der Waals surface area contributed by atoms with Gasteiger partial charge in [-0.2, -0.15) is 0 Å². The van der Waals surface area contributed by atoms with Gasteiger partial charge in [0.15, 0.2) is 0 Å². The van der Waals surface area contributed by atoms with Crippen molar-refractivity contribution in [3.05, 3.63) is 35.9 Å². The first-order chi connectivity index (χ1) is 27.6. The maximum Gasteiger partial charge on any atom is 0.379 e. The van der Waals surface area contributed by atoms with Gasteiger partial charge in [0, 0.05) is 12.0 Å². The molecule has 0 aliphatic heterocycles. The van der Waals surface area contributed by atoms with E-state index in [0.29, 0.717) is 151 Å². The molecule has 1 rings (SSSR count). The molecule has 0 radical (unpaired) electrons. The van der Waals surface area contributed by atoms with Crippen LogP contribution in [0.2, 0.25) is 0 Å². The molecule has 1 aromatic rings. The number of carbonyl (C=O) groups is 3. The van der Waals surface area contributed by atoms with Crippen molar-refractivity contribution in [3.63, 3.8) is 0 Å². The fourth-order valence-electron chi connectivity index (χ4n) is 4.43. The third-order valence-corrected chi connectivity index (χ3v) is 7.38. The summed E-state index contributed by atoms with van der Waals surface area (Å²) in [6.07, 6.45) is 6.03. The van der Waals surface area contributed by atoms with Gasteiger partial charge in [0.05, 0.1) is 145 Å². The lowest BCUT2D eigenvalue weighted by molar-refractivity contribution is -0.145. The Morgan fingerprint density at radius 1 is 0.375 bits per heavy atom. The van der Waals surface area contributed by atoms with Gasteiger partial charge in [-0.3, -0.25) is 9.59 Å². The summed E-state index contributed by atoms with van der Waals surface area (Å²) < 4.78 is 70.0. The van der Waals surface area contributed by atoms with Crippen molar-refractivity contribution in [3.8, 4) is 0 Å². The molecule has 16 nitrogen and oxygen atoms in total. The number of benzene rings is 1. The van der Waals surface area contributed by atoms with Crippen LogP contribution in [0.3, 0.4) is 0 Å². The van der Waals surface area contributed by atoms with Crippen LogP contribution < -0.4 is 0 Å². The van der Waals surface area contributed by atoms with Gasteiger partial charge in [-0.15, -0.1) is 0 Å². The van der Waals surface area contributed by atoms with Gasteiger partial charge in [0.1, 0.15) is 13.2 Å². The second-order valence-corrected chi connectivity index (χ2v) is 12.0. The van der Waals surface area contributed by atoms with Crippen LogP contribution >= 0.6 is 0 Å². The van der Waals surface area contributed by atoms with Crippen LogP contribution in [0.25, 0.3) is 0 Å². The van der Waals surface area contributed by atoms with Crippen molar-refractivity contribution in [2.45, 2.75) is 45.4 Å². The first-order valence-corrected chi connectivity index (χ1v) is 19.9. The molecule has 0 amide bonds. The van der Waals surface area contributed by atoms with Crippen LogP contribution in [0.5, 0.6) is 0 Å². The third-order valence-electron chi connectivity index (χ3n) is 7.38. The van der Waals surface area contributed by atoms with E-state index in [-0.39, 0.29) is 25.8 Å². The van der Waals surface area contributed by atoms with E-state index in [1.165, 1.54) is 19.3 Å². The summed E-state index contributed by atoms with van der Waals surface area (Å²) in [6.45, 7) is 12.0. The molecule has 56 heavy (non-hydrogen) atoms. The lowest BCUT2D eigenvalue weighted by Gasteiger charge is -2.09. The highest BCUT2D eigenvalue weighted by Crippen LogP contribution is 2.06. The van der Waals surface area contributed by atoms with Crippen LogP contribution in [-0.4, -0.2) is 176 Å². The first kappa shape index (κ1) is 51.4. The van der Waals surface area contributed by atoms with Gasteiger partial charge < -0.3 is 61.6 Å². The Bertz CT molecular complexity index is 1020.